The van der Waals surface area contributed by atoms with E-state index in [-0.39, 0.29) is 5.71 Å². The van der Waals surface area contributed by atoms with Crippen molar-refractivity contribution in [1.29, 1.82) is 0 Å². The Morgan fingerprint density at radius 3 is 2.17 bits per heavy atom. The van der Waals surface area contributed by atoms with Crippen LogP contribution < -0.4 is 0 Å². The Bertz CT molecular complexity index is 582. The van der Waals surface area contributed by atoms with Gasteiger partial charge in [-0.15, -0.1) is 0 Å². The molecule has 1 unspecified atom stereocenters. The van der Waals surface area contributed by atoms with Crippen molar-refractivity contribution in [2.45, 2.75) is 44.5 Å². The molecule has 134 valence electrons. The van der Waals surface area contributed by atoms with Crippen LogP contribution >= 0.6 is 0 Å². The van der Waals surface area contributed by atoms with Crippen molar-refractivity contribution in [1.82, 2.24) is 0 Å². The van der Waals surface area contributed by atoms with Crippen molar-refractivity contribution in [3.8, 4) is 0 Å². The Balaban J connectivity index is 3.22. The first kappa shape index (κ1) is 20.5. The summed E-state index contributed by atoms with van der Waals surface area (Å²) in [7, 11) is 0. The third-order valence-electron chi connectivity index (χ3n) is 3.15. The quantitative estimate of drug-likeness (QED) is 0.614. The van der Waals surface area contributed by atoms with Crippen molar-refractivity contribution in [2.75, 3.05) is 0 Å². The van der Waals surface area contributed by atoms with Crippen LogP contribution in [0.4, 0.5) is 13.2 Å². The molecule has 0 aliphatic heterocycles. The topological polar surface area (TPSA) is 72.7 Å². The highest BCUT2D eigenvalue weighted by molar-refractivity contribution is 7.91. The van der Waals surface area contributed by atoms with Gasteiger partial charge in [0.1, 0.15) is 16.1 Å². The van der Waals surface area contributed by atoms with Gasteiger partial charge in [-0.25, -0.2) is 0 Å². The molecular formula is C16H20F3NO3S. The second-order valence-corrected chi connectivity index (χ2v) is 8.21. The van der Waals surface area contributed by atoms with Gasteiger partial charge < -0.3 is 9.66 Å². The molecule has 0 spiro atoms. The second-order valence-electron chi connectivity index (χ2n) is 6.31. The molecule has 24 heavy (non-hydrogen) atoms. The molecule has 0 aliphatic carbocycles. The van der Waals surface area contributed by atoms with Gasteiger partial charge in [-0.05, 0) is 20.8 Å². The summed E-state index contributed by atoms with van der Waals surface area (Å²) in [6.07, 6.45) is -6.38. The molecular weight excluding hydrogens is 343 g/mol. The Morgan fingerprint density at radius 2 is 1.75 bits per heavy atom. The van der Waals surface area contributed by atoms with Crippen LogP contribution in [0.15, 0.2) is 34.7 Å². The molecule has 1 aromatic rings. The summed E-state index contributed by atoms with van der Waals surface area (Å²) >= 11 is -1.75. The van der Waals surface area contributed by atoms with Crippen molar-refractivity contribution >= 4 is 23.0 Å². The maximum atomic E-state index is 13.1. The number of rotatable bonds is 6. The van der Waals surface area contributed by atoms with Gasteiger partial charge in [0.05, 0.1) is 18.1 Å². The highest BCUT2D eigenvalue weighted by atomic mass is 32.2. The van der Waals surface area contributed by atoms with Crippen LogP contribution in [0.3, 0.4) is 0 Å². The van der Waals surface area contributed by atoms with Crippen LogP contribution in [-0.4, -0.2) is 32.3 Å². The van der Waals surface area contributed by atoms with Gasteiger partial charge in [-0.1, -0.05) is 34.7 Å². The molecule has 4 nitrogen and oxygen atoms in total. The van der Waals surface area contributed by atoms with E-state index in [1.807, 2.05) is 0 Å². The van der Waals surface area contributed by atoms with Crippen LogP contribution in [0, 0.1) is 5.92 Å². The monoisotopic (exact) mass is 363 g/mol. The van der Waals surface area contributed by atoms with Gasteiger partial charge in [0, 0.05) is 12.0 Å². The van der Waals surface area contributed by atoms with Crippen LogP contribution in [-0.2, 0) is 16.2 Å². The number of benzene rings is 1. The summed E-state index contributed by atoms with van der Waals surface area (Å²) in [5.74, 6) is -3.63. The normalized spacial score (nSPS) is 15.9. The maximum absolute atomic E-state index is 13.1. The van der Waals surface area contributed by atoms with Crippen molar-refractivity contribution < 1.29 is 27.6 Å². The fourth-order valence-corrected chi connectivity index (χ4v) is 2.48. The summed E-state index contributed by atoms with van der Waals surface area (Å²) in [6.45, 7) is 4.98. The molecule has 0 aliphatic rings. The number of carboxylic acid groups (broad SMARTS) is 1. The lowest BCUT2D eigenvalue weighted by atomic mass is 9.94. The number of carbonyl (C=O) groups is 1. The van der Waals surface area contributed by atoms with Gasteiger partial charge in [0.25, 0.3) is 0 Å². The molecule has 0 aromatic heterocycles. The predicted octanol–water partition coefficient (Wildman–Crippen LogP) is 3.98. The van der Waals surface area contributed by atoms with E-state index in [4.69, 9.17) is 5.11 Å². The van der Waals surface area contributed by atoms with E-state index in [0.29, 0.717) is 5.56 Å². The van der Waals surface area contributed by atoms with Gasteiger partial charge in [-0.2, -0.15) is 13.2 Å². The molecule has 1 aromatic carbocycles. The minimum absolute atomic E-state index is 0.00701. The zero-order chi connectivity index (χ0) is 18.5. The zero-order valence-electron chi connectivity index (χ0n) is 13.6. The number of alkyl halides is 3. The third-order valence-corrected chi connectivity index (χ3v) is 4.58. The number of aliphatic carboxylic acids is 1. The first-order valence-electron chi connectivity index (χ1n) is 7.24. The van der Waals surface area contributed by atoms with E-state index in [2.05, 4.69) is 4.40 Å². The first-order valence-corrected chi connectivity index (χ1v) is 8.35. The molecule has 0 radical (unpaired) electrons. The van der Waals surface area contributed by atoms with E-state index in [9.17, 15) is 22.5 Å². The Labute approximate surface area is 142 Å². The Hall–Kier alpha value is -1.54. The van der Waals surface area contributed by atoms with Crippen molar-refractivity contribution in [3.05, 3.63) is 35.9 Å². The maximum Gasteiger partial charge on any atom is 0.392 e. The minimum atomic E-state index is -4.68. The fraction of sp³-hybridized carbons (Fsp3) is 0.500. The summed E-state index contributed by atoms with van der Waals surface area (Å²) in [5.41, 5.74) is 0.391. The van der Waals surface area contributed by atoms with E-state index < -0.39 is 47.0 Å². The molecule has 0 saturated carbocycles. The lowest BCUT2D eigenvalue weighted by molar-refractivity contribution is -0.181. The predicted molar refractivity (Wildman–Crippen MR) is 87.3 cm³/mol. The minimum Gasteiger partial charge on any atom is -0.591 e. The molecule has 2 atom stereocenters. The first-order chi connectivity index (χ1) is 10.9. The third kappa shape index (κ3) is 6.52. The largest absolute Gasteiger partial charge is 0.591 e. The smallest absolute Gasteiger partial charge is 0.392 e. The van der Waals surface area contributed by atoms with Crippen molar-refractivity contribution in [3.63, 3.8) is 0 Å². The van der Waals surface area contributed by atoms with E-state index in [0.717, 1.165) is 0 Å². The summed E-state index contributed by atoms with van der Waals surface area (Å²) < 4.78 is 54.9. The lowest BCUT2D eigenvalue weighted by Gasteiger charge is -2.22. The average Bonchev–Trinajstić information content (AvgIpc) is 2.44. The molecule has 8 heteroatoms. The van der Waals surface area contributed by atoms with Gasteiger partial charge >= 0.3 is 12.1 Å². The SMILES string of the molecule is CC(C)(C)[S+]([O-])N=C(C[C@H](CC(=O)O)C(F)(F)F)c1ccccc1. The Kier molecular flexibility index (Phi) is 6.86. The second kappa shape index (κ2) is 8.02. The van der Waals surface area contributed by atoms with E-state index in [1.165, 1.54) is 0 Å². The van der Waals surface area contributed by atoms with Gasteiger partial charge in [-0.3, -0.25) is 4.79 Å². The lowest BCUT2D eigenvalue weighted by Crippen LogP contribution is -2.30. The highest BCUT2D eigenvalue weighted by Crippen LogP contribution is 2.33. The summed E-state index contributed by atoms with van der Waals surface area (Å²) in [5, 5.41) is 8.74. The van der Waals surface area contributed by atoms with Gasteiger partial charge in [0.2, 0.25) is 0 Å². The molecule has 0 bridgehead atoms. The van der Waals surface area contributed by atoms with E-state index >= 15 is 0 Å². The van der Waals surface area contributed by atoms with Gasteiger partial charge in [0.15, 0.2) is 0 Å². The standard InChI is InChI=1S/C16H20F3NO3S/c1-15(2,3)24(23)20-13(11-7-5-4-6-8-11)9-12(10-14(21)22)16(17,18)19/h4-8,12H,9-10H2,1-3H3,(H,21,22)/t12-,24?/m1/s1. The zero-order valence-corrected chi connectivity index (χ0v) is 14.4. The Morgan fingerprint density at radius 1 is 1.21 bits per heavy atom. The number of nitrogens with zero attached hydrogens (tertiary/aromatic N) is 1. The number of hydrogen-bond donors (Lipinski definition) is 1. The molecule has 1 N–H and O–H groups in total. The average molecular weight is 363 g/mol. The van der Waals surface area contributed by atoms with Crippen LogP contribution in [0.5, 0.6) is 0 Å². The van der Waals surface area contributed by atoms with Crippen LogP contribution in [0.25, 0.3) is 0 Å². The summed E-state index contributed by atoms with van der Waals surface area (Å²) in [6, 6.07) is 8.08. The van der Waals surface area contributed by atoms with Crippen LogP contribution in [0.1, 0.15) is 39.2 Å². The van der Waals surface area contributed by atoms with E-state index in [1.54, 1.807) is 51.1 Å². The molecule has 0 fully saturated rings. The molecule has 0 amide bonds. The number of hydrogen-bond acceptors (Lipinski definition) is 3. The molecule has 1 rings (SSSR count). The fourth-order valence-electron chi connectivity index (χ4n) is 1.82. The summed E-state index contributed by atoms with van der Waals surface area (Å²) in [4.78, 5) is 10.8. The highest BCUT2D eigenvalue weighted by Gasteiger charge is 2.42. The van der Waals surface area contributed by atoms with Crippen LogP contribution in [0.2, 0.25) is 0 Å². The number of halogens is 3. The van der Waals surface area contributed by atoms with Crippen molar-refractivity contribution in [2.24, 2.45) is 10.3 Å². The molecule has 0 heterocycles. The molecule has 0 saturated heterocycles. The number of carboxylic acids is 1.